The number of hydrogen-bond acceptors (Lipinski definition) is 5. The monoisotopic (exact) mass is 354 g/mol. The topological polar surface area (TPSA) is 59.8 Å². The summed E-state index contributed by atoms with van der Waals surface area (Å²) in [7, 11) is 0. The van der Waals surface area contributed by atoms with Crippen molar-refractivity contribution >= 4 is 16.5 Å². The molecule has 0 aliphatic rings. The Kier molecular flexibility index (Phi) is 4.99. The summed E-state index contributed by atoms with van der Waals surface area (Å²) in [5.41, 5.74) is 2.59. The fourth-order valence-corrected chi connectivity index (χ4v) is 3.61. The summed E-state index contributed by atoms with van der Waals surface area (Å²) >= 11 is 1.56. The van der Waals surface area contributed by atoms with Gasteiger partial charge in [-0.3, -0.25) is 4.79 Å². The van der Waals surface area contributed by atoms with E-state index in [1.165, 1.54) is 4.68 Å². The highest BCUT2D eigenvalue weighted by molar-refractivity contribution is 7.19. The van der Waals surface area contributed by atoms with Gasteiger partial charge in [0.1, 0.15) is 5.69 Å². The largest absolute Gasteiger partial charge is 0.359 e. The fraction of sp³-hybridized carbons (Fsp3) is 0.316. The van der Waals surface area contributed by atoms with Gasteiger partial charge in [-0.1, -0.05) is 41.7 Å². The second-order valence-corrected chi connectivity index (χ2v) is 7.46. The molecule has 25 heavy (non-hydrogen) atoms. The van der Waals surface area contributed by atoms with Crippen LogP contribution in [0, 0.1) is 0 Å². The van der Waals surface area contributed by atoms with E-state index >= 15 is 0 Å². The van der Waals surface area contributed by atoms with E-state index in [9.17, 15) is 4.79 Å². The van der Waals surface area contributed by atoms with Crippen LogP contribution < -0.4 is 10.9 Å². The van der Waals surface area contributed by atoms with E-state index in [0.29, 0.717) is 6.04 Å². The zero-order chi connectivity index (χ0) is 18.0. The van der Waals surface area contributed by atoms with Gasteiger partial charge in [0.25, 0.3) is 5.56 Å². The number of thiazole rings is 1. The molecule has 0 saturated heterocycles. The van der Waals surface area contributed by atoms with Gasteiger partial charge >= 0.3 is 0 Å². The van der Waals surface area contributed by atoms with Gasteiger partial charge < -0.3 is 5.32 Å². The molecular weight excluding hydrogens is 332 g/mol. The van der Waals surface area contributed by atoms with Crippen LogP contribution in [0.4, 0.5) is 5.13 Å². The standard InChI is InChI=1S/C19H22N4OS/c1-12(2)20-19-21-17(14-8-6-5-7-9-14)18(25-19)15-10-11-16(24)23(22-15)13(3)4/h5-13H,1-4H3,(H,20,21). The molecule has 3 rings (SSSR count). The lowest BCUT2D eigenvalue weighted by atomic mass is 10.1. The van der Waals surface area contributed by atoms with Gasteiger partial charge in [0.2, 0.25) is 0 Å². The molecule has 0 radical (unpaired) electrons. The molecule has 0 aliphatic heterocycles. The number of aromatic nitrogens is 3. The lowest BCUT2D eigenvalue weighted by Gasteiger charge is -2.09. The summed E-state index contributed by atoms with van der Waals surface area (Å²) in [6, 6.07) is 13.7. The molecule has 130 valence electrons. The minimum absolute atomic E-state index is 0.00815. The molecule has 6 heteroatoms. The smallest absolute Gasteiger partial charge is 0.267 e. The lowest BCUT2D eigenvalue weighted by Crippen LogP contribution is -2.23. The second-order valence-electron chi connectivity index (χ2n) is 6.46. The molecule has 0 atom stereocenters. The molecule has 0 saturated carbocycles. The Morgan fingerprint density at radius 1 is 1.04 bits per heavy atom. The first-order valence-electron chi connectivity index (χ1n) is 8.38. The van der Waals surface area contributed by atoms with Gasteiger partial charge in [0.15, 0.2) is 5.13 Å². The molecule has 1 aromatic carbocycles. The van der Waals surface area contributed by atoms with Gasteiger partial charge in [-0.15, -0.1) is 0 Å². The number of nitrogens with zero attached hydrogens (tertiary/aromatic N) is 3. The highest BCUT2D eigenvalue weighted by Crippen LogP contribution is 2.38. The Hall–Kier alpha value is -2.47. The van der Waals surface area contributed by atoms with Gasteiger partial charge in [-0.05, 0) is 33.8 Å². The molecule has 0 amide bonds. The lowest BCUT2D eigenvalue weighted by molar-refractivity contribution is 0.505. The number of nitrogens with one attached hydrogen (secondary N) is 1. The average Bonchev–Trinajstić information content (AvgIpc) is 2.99. The van der Waals surface area contributed by atoms with Crippen molar-refractivity contribution in [2.24, 2.45) is 0 Å². The van der Waals surface area contributed by atoms with Crippen molar-refractivity contribution in [1.82, 2.24) is 14.8 Å². The zero-order valence-corrected chi connectivity index (χ0v) is 15.7. The Balaban J connectivity index is 2.16. The zero-order valence-electron chi connectivity index (χ0n) is 14.9. The summed E-state index contributed by atoms with van der Waals surface area (Å²) in [6.45, 7) is 8.07. The Morgan fingerprint density at radius 2 is 1.76 bits per heavy atom. The van der Waals surface area contributed by atoms with Crippen LogP contribution in [-0.4, -0.2) is 20.8 Å². The summed E-state index contributed by atoms with van der Waals surface area (Å²) in [4.78, 5) is 17.8. The number of hydrogen-bond donors (Lipinski definition) is 1. The van der Waals surface area contributed by atoms with E-state index in [1.54, 1.807) is 23.5 Å². The number of benzene rings is 1. The summed E-state index contributed by atoms with van der Waals surface area (Å²) in [5.74, 6) is 0. The van der Waals surface area contributed by atoms with Crippen molar-refractivity contribution in [3.05, 3.63) is 52.8 Å². The van der Waals surface area contributed by atoms with Crippen molar-refractivity contribution in [2.45, 2.75) is 39.8 Å². The minimum atomic E-state index is -0.0925. The third-order valence-corrected chi connectivity index (χ3v) is 4.64. The second kappa shape index (κ2) is 7.19. The third kappa shape index (κ3) is 3.79. The molecule has 0 fully saturated rings. The predicted molar refractivity (Wildman–Crippen MR) is 104 cm³/mol. The van der Waals surface area contributed by atoms with Crippen molar-refractivity contribution in [1.29, 1.82) is 0 Å². The first-order chi connectivity index (χ1) is 12.0. The maximum absolute atomic E-state index is 12.0. The van der Waals surface area contributed by atoms with Crippen LogP contribution in [0.5, 0.6) is 0 Å². The van der Waals surface area contributed by atoms with Crippen molar-refractivity contribution in [2.75, 3.05) is 5.32 Å². The van der Waals surface area contributed by atoms with Gasteiger partial charge in [0.05, 0.1) is 16.6 Å². The Bertz CT molecular complexity index is 913. The van der Waals surface area contributed by atoms with Crippen molar-refractivity contribution in [3.63, 3.8) is 0 Å². The van der Waals surface area contributed by atoms with E-state index < -0.39 is 0 Å². The predicted octanol–water partition coefficient (Wildman–Crippen LogP) is 4.44. The van der Waals surface area contributed by atoms with Crippen LogP contribution in [0.1, 0.15) is 33.7 Å². The van der Waals surface area contributed by atoms with E-state index in [4.69, 9.17) is 4.98 Å². The molecule has 5 nitrogen and oxygen atoms in total. The Morgan fingerprint density at radius 3 is 2.40 bits per heavy atom. The van der Waals surface area contributed by atoms with Gasteiger partial charge in [-0.25, -0.2) is 9.67 Å². The van der Waals surface area contributed by atoms with Crippen molar-refractivity contribution in [3.8, 4) is 21.8 Å². The third-order valence-electron chi connectivity index (χ3n) is 3.63. The van der Waals surface area contributed by atoms with Crippen LogP contribution >= 0.6 is 11.3 Å². The molecule has 3 aromatic rings. The first kappa shape index (κ1) is 17.4. The first-order valence-corrected chi connectivity index (χ1v) is 9.20. The van der Waals surface area contributed by atoms with Crippen LogP contribution in [0.15, 0.2) is 47.3 Å². The van der Waals surface area contributed by atoms with E-state index in [-0.39, 0.29) is 11.6 Å². The molecule has 2 heterocycles. The van der Waals surface area contributed by atoms with Gasteiger partial charge in [-0.2, -0.15) is 5.10 Å². The molecule has 0 unspecified atom stereocenters. The SMILES string of the molecule is CC(C)Nc1nc(-c2ccccc2)c(-c2ccc(=O)n(C(C)C)n2)s1. The minimum Gasteiger partial charge on any atom is -0.359 e. The molecule has 0 aliphatic carbocycles. The Labute approximate surface area is 151 Å². The summed E-state index contributed by atoms with van der Waals surface area (Å²) in [5, 5.41) is 8.79. The quantitative estimate of drug-likeness (QED) is 0.736. The molecule has 0 spiro atoms. The van der Waals surface area contributed by atoms with E-state index in [1.807, 2.05) is 44.2 Å². The van der Waals surface area contributed by atoms with Gasteiger partial charge in [0, 0.05) is 17.7 Å². The van der Waals surface area contributed by atoms with Crippen LogP contribution in [0.3, 0.4) is 0 Å². The molecule has 1 N–H and O–H groups in total. The maximum atomic E-state index is 12.0. The fourth-order valence-electron chi connectivity index (χ4n) is 2.51. The van der Waals surface area contributed by atoms with Crippen LogP contribution in [-0.2, 0) is 0 Å². The average molecular weight is 354 g/mol. The summed E-state index contributed by atoms with van der Waals surface area (Å²) < 4.78 is 1.51. The number of anilines is 1. The molecular formula is C19H22N4OS. The summed E-state index contributed by atoms with van der Waals surface area (Å²) in [6.07, 6.45) is 0. The molecule has 2 aromatic heterocycles. The van der Waals surface area contributed by atoms with Crippen molar-refractivity contribution < 1.29 is 0 Å². The molecule has 0 bridgehead atoms. The van der Waals surface area contributed by atoms with Crippen LogP contribution in [0.25, 0.3) is 21.8 Å². The normalized spacial score (nSPS) is 11.3. The maximum Gasteiger partial charge on any atom is 0.267 e. The van der Waals surface area contributed by atoms with E-state index in [0.717, 1.165) is 27.0 Å². The highest BCUT2D eigenvalue weighted by atomic mass is 32.1. The van der Waals surface area contributed by atoms with E-state index in [2.05, 4.69) is 24.3 Å². The highest BCUT2D eigenvalue weighted by Gasteiger charge is 2.17. The van der Waals surface area contributed by atoms with Crippen LogP contribution in [0.2, 0.25) is 0 Å². The number of rotatable bonds is 5.